The highest BCUT2D eigenvalue weighted by Crippen LogP contribution is 2.32. The molecule has 0 amide bonds. The Labute approximate surface area is 112 Å². The van der Waals surface area contributed by atoms with Gasteiger partial charge in [-0.25, -0.2) is 9.97 Å². The topological polar surface area (TPSA) is 41.1 Å². The second-order valence-electron chi connectivity index (χ2n) is 3.95. The minimum absolute atomic E-state index is 0.224. The third-order valence-electron chi connectivity index (χ3n) is 2.25. The average Bonchev–Trinajstić information content (AvgIpc) is 2.25. The molecule has 18 heavy (non-hydrogen) atoms. The Hall–Kier alpha value is -1.05. The van der Waals surface area contributed by atoms with E-state index >= 15 is 0 Å². The third-order valence-corrected chi connectivity index (χ3v) is 2.98. The lowest BCUT2D eigenvalue weighted by molar-refractivity contribution is -0.120. The summed E-state index contributed by atoms with van der Waals surface area (Å²) in [5.74, 6) is 0.675. The van der Waals surface area contributed by atoms with E-state index in [-0.39, 0.29) is 11.9 Å². The summed E-state index contributed by atoms with van der Waals surface area (Å²) < 4.78 is 38.1. The summed E-state index contributed by atoms with van der Waals surface area (Å²) in [6, 6.07) is -0.331. The zero-order valence-electron chi connectivity index (χ0n) is 10.2. The van der Waals surface area contributed by atoms with Crippen molar-refractivity contribution in [1.29, 1.82) is 0 Å². The van der Waals surface area contributed by atoms with Gasteiger partial charge in [-0.05, 0) is 29.8 Å². The smallest absolute Gasteiger partial charge is 0.372 e. The maximum atomic E-state index is 12.5. The van der Waals surface area contributed by atoms with Crippen molar-refractivity contribution in [3.05, 3.63) is 10.8 Å². The van der Waals surface area contributed by atoms with Crippen molar-refractivity contribution in [3.63, 3.8) is 0 Å². The lowest BCUT2D eigenvalue weighted by atomic mass is 10.3. The Kier molecular flexibility index (Phi) is 4.78. The minimum Gasteiger partial charge on any atom is -0.372 e. The van der Waals surface area contributed by atoms with Crippen LogP contribution in [0.2, 0.25) is 0 Å². The van der Waals surface area contributed by atoms with E-state index < -0.39 is 12.7 Å². The molecule has 0 saturated carbocycles. The van der Waals surface area contributed by atoms with Crippen molar-refractivity contribution >= 4 is 27.6 Å². The van der Waals surface area contributed by atoms with Gasteiger partial charge in [0.05, 0.1) is 0 Å². The molecule has 102 valence electrons. The van der Waals surface area contributed by atoms with Crippen LogP contribution in [0, 0.1) is 0 Å². The van der Waals surface area contributed by atoms with Crippen LogP contribution in [0.3, 0.4) is 0 Å². The number of hydrogen-bond donors (Lipinski definition) is 1. The summed E-state index contributed by atoms with van der Waals surface area (Å²) in [7, 11) is 1.64. The lowest BCUT2D eigenvalue weighted by Crippen LogP contribution is -2.40. The van der Waals surface area contributed by atoms with Crippen LogP contribution in [0.1, 0.15) is 13.8 Å². The van der Waals surface area contributed by atoms with Crippen LogP contribution < -0.4 is 10.2 Å². The van der Waals surface area contributed by atoms with Crippen molar-refractivity contribution in [2.75, 3.05) is 23.8 Å². The van der Waals surface area contributed by atoms with Crippen LogP contribution in [-0.4, -0.2) is 35.8 Å². The highest BCUT2D eigenvalue weighted by Gasteiger charge is 2.33. The second-order valence-corrected chi connectivity index (χ2v) is 4.74. The number of hydrogen-bond acceptors (Lipinski definition) is 4. The summed E-state index contributed by atoms with van der Waals surface area (Å²) in [5.41, 5.74) is 0. The van der Waals surface area contributed by atoms with E-state index in [1.54, 1.807) is 20.9 Å². The van der Waals surface area contributed by atoms with E-state index in [0.717, 1.165) is 0 Å². The maximum Gasteiger partial charge on any atom is 0.405 e. The molecule has 0 unspecified atom stereocenters. The Morgan fingerprint density at radius 2 is 2.00 bits per heavy atom. The molecule has 0 fully saturated rings. The second kappa shape index (κ2) is 5.73. The fourth-order valence-electron chi connectivity index (χ4n) is 1.43. The molecule has 0 atom stereocenters. The van der Waals surface area contributed by atoms with Gasteiger partial charge in [-0.2, -0.15) is 13.2 Å². The minimum atomic E-state index is -4.28. The standard InChI is InChI=1S/C10H14BrF3N4/c1-6(2)18(4-10(12,13)14)9-7(11)8(15-3)16-5-17-9/h5-6H,4H2,1-3H3,(H,15,16,17). The van der Waals surface area contributed by atoms with E-state index in [0.29, 0.717) is 10.3 Å². The summed E-state index contributed by atoms with van der Waals surface area (Å²) >= 11 is 3.22. The highest BCUT2D eigenvalue weighted by molar-refractivity contribution is 9.10. The van der Waals surface area contributed by atoms with Gasteiger partial charge in [-0.15, -0.1) is 0 Å². The number of halogens is 4. The fourth-order valence-corrected chi connectivity index (χ4v) is 2.06. The van der Waals surface area contributed by atoms with Crippen LogP contribution in [0.25, 0.3) is 0 Å². The van der Waals surface area contributed by atoms with E-state index in [1.165, 1.54) is 11.2 Å². The van der Waals surface area contributed by atoms with Crippen LogP contribution in [-0.2, 0) is 0 Å². The first-order valence-electron chi connectivity index (χ1n) is 5.28. The first kappa shape index (κ1) is 15.0. The van der Waals surface area contributed by atoms with Crippen molar-refractivity contribution in [3.8, 4) is 0 Å². The molecule has 1 heterocycles. The first-order chi connectivity index (χ1) is 8.26. The van der Waals surface area contributed by atoms with Gasteiger partial charge in [0, 0.05) is 13.1 Å². The largest absolute Gasteiger partial charge is 0.405 e. The van der Waals surface area contributed by atoms with Gasteiger partial charge < -0.3 is 10.2 Å². The van der Waals surface area contributed by atoms with E-state index in [9.17, 15) is 13.2 Å². The molecule has 1 aromatic heterocycles. The highest BCUT2D eigenvalue weighted by atomic mass is 79.9. The predicted octanol–water partition coefficient (Wildman–Crippen LogP) is 3.06. The maximum absolute atomic E-state index is 12.5. The van der Waals surface area contributed by atoms with E-state index in [4.69, 9.17) is 0 Å². The van der Waals surface area contributed by atoms with Gasteiger partial charge in [-0.1, -0.05) is 0 Å². The number of anilines is 2. The molecule has 0 aliphatic carbocycles. The Morgan fingerprint density at radius 3 is 2.44 bits per heavy atom. The van der Waals surface area contributed by atoms with E-state index in [2.05, 4.69) is 31.2 Å². The van der Waals surface area contributed by atoms with Crippen molar-refractivity contribution in [1.82, 2.24) is 9.97 Å². The number of nitrogens with zero attached hydrogens (tertiary/aromatic N) is 3. The summed E-state index contributed by atoms with van der Waals surface area (Å²) in [4.78, 5) is 9.01. The van der Waals surface area contributed by atoms with Gasteiger partial charge in [0.2, 0.25) is 0 Å². The monoisotopic (exact) mass is 326 g/mol. The van der Waals surface area contributed by atoms with Crippen LogP contribution in [0.5, 0.6) is 0 Å². The quantitative estimate of drug-likeness (QED) is 0.923. The zero-order chi connectivity index (χ0) is 13.9. The molecule has 1 rings (SSSR count). The van der Waals surface area contributed by atoms with Crippen LogP contribution in [0.4, 0.5) is 24.8 Å². The SMILES string of the molecule is CNc1ncnc(N(CC(F)(F)F)C(C)C)c1Br. The van der Waals surface area contributed by atoms with Gasteiger partial charge in [0.25, 0.3) is 0 Å². The molecule has 0 bridgehead atoms. The molecule has 8 heteroatoms. The molecule has 0 radical (unpaired) electrons. The Morgan fingerprint density at radius 1 is 1.39 bits per heavy atom. The van der Waals surface area contributed by atoms with Crippen molar-refractivity contribution in [2.24, 2.45) is 0 Å². The normalized spacial score (nSPS) is 11.8. The number of nitrogens with one attached hydrogen (secondary N) is 1. The van der Waals surface area contributed by atoms with Gasteiger partial charge in [-0.3, -0.25) is 0 Å². The molecule has 0 aromatic carbocycles. The molecular formula is C10H14BrF3N4. The molecule has 0 saturated heterocycles. The molecule has 0 spiro atoms. The molecule has 4 nitrogen and oxygen atoms in total. The van der Waals surface area contributed by atoms with Crippen LogP contribution >= 0.6 is 15.9 Å². The third kappa shape index (κ3) is 3.72. The van der Waals surface area contributed by atoms with Gasteiger partial charge >= 0.3 is 6.18 Å². The zero-order valence-corrected chi connectivity index (χ0v) is 11.8. The molecule has 1 aromatic rings. The van der Waals surface area contributed by atoms with E-state index in [1.807, 2.05) is 0 Å². The predicted molar refractivity (Wildman–Crippen MR) is 67.8 cm³/mol. The van der Waals surface area contributed by atoms with Gasteiger partial charge in [0.1, 0.15) is 29.0 Å². The number of aromatic nitrogens is 2. The molecular weight excluding hydrogens is 313 g/mol. The first-order valence-corrected chi connectivity index (χ1v) is 6.07. The molecule has 0 aliphatic rings. The van der Waals surface area contributed by atoms with Crippen LogP contribution in [0.15, 0.2) is 10.8 Å². The Bertz CT molecular complexity index is 409. The van der Waals surface area contributed by atoms with Gasteiger partial charge in [0.15, 0.2) is 0 Å². The van der Waals surface area contributed by atoms with Crippen molar-refractivity contribution in [2.45, 2.75) is 26.1 Å². The Balaban J connectivity index is 3.14. The molecule has 1 N–H and O–H groups in total. The molecule has 0 aliphatic heterocycles. The summed E-state index contributed by atoms with van der Waals surface area (Å²) in [5, 5.41) is 2.79. The van der Waals surface area contributed by atoms with Crippen molar-refractivity contribution < 1.29 is 13.2 Å². The number of rotatable bonds is 4. The summed E-state index contributed by atoms with van der Waals surface area (Å²) in [6.07, 6.45) is -3.05. The summed E-state index contributed by atoms with van der Waals surface area (Å²) in [6.45, 7) is 2.31. The number of alkyl halides is 3. The fraction of sp³-hybridized carbons (Fsp3) is 0.600. The average molecular weight is 327 g/mol. The lowest BCUT2D eigenvalue weighted by Gasteiger charge is -2.29.